The van der Waals surface area contributed by atoms with Crippen LogP contribution in [0.2, 0.25) is 0 Å². The number of allylic oxidation sites excluding steroid dienone is 4. The zero-order valence-electron chi connectivity index (χ0n) is 26.8. The van der Waals surface area contributed by atoms with Crippen LogP contribution < -0.4 is 0 Å². The molecule has 0 fully saturated rings. The molecule has 0 aromatic heterocycles. The van der Waals surface area contributed by atoms with Gasteiger partial charge >= 0.3 is 0 Å². The average molecular weight is 481 g/mol. The van der Waals surface area contributed by atoms with Gasteiger partial charge in [-0.1, -0.05) is 148 Å². The van der Waals surface area contributed by atoms with Crippen molar-refractivity contribution < 1.29 is 0 Å². The molecule has 0 radical (unpaired) electrons. The maximum absolute atomic E-state index is 3.12. The maximum Gasteiger partial charge on any atom is 0.0230 e. The van der Waals surface area contributed by atoms with Crippen LogP contribution >= 0.6 is 0 Å². The van der Waals surface area contributed by atoms with Crippen molar-refractivity contribution in [3.05, 3.63) is 24.3 Å². The van der Waals surface area contributed by atoms with Crippen LogP contribution in [0, 0.1) is 39.9 Å². The molecule has 0 aliphatic carbocycles. The Morgan fingerprint density at radius 2 is 1.03 bits per heavy atom. The lowest BCUT2D eigenvalue weighted by molar-refractivity contribution is 0.469. The van der Waals surface area contributed by atoms with Crippen LogP contribution in [-0.4, -0.2) is 0 Å². The van der Waals surface area contributed by atoms with Gasteiger partial charge in [0.2, 0.25) is 0 Å². The lowest BCUT2D eigenvalue weighted by Gasteiger charge is -2.10. The summed E-state index contributed by atoms with van der Waals surface area (Å²) in [4.78, 5) is 0. The van der Waals surface area contributed by atoms with Gasteiger partial charge in [-0.2, -0.15) is 0 Å². The first-order valence-corrected chi connectivity index (χ1v) is 13.5. The number of hydrogen-bond donors (Lipinski definition) is 0. The monoisotopic (exact) mass is 481 g/mol. The molecule has 0 aromatic carbocycles. The second-order valence-electron chi connectivity index (χ2n) is 13.0. The smallest absolute Gasteiger partial charge is 0.0230 e. The minimum atomic E-state index is 0. The number of rotatable bonds is 4. The molecule has 0 rings (SSSR count). The van der Waals surface area contributed by atoms with Crippen LogP contribution in [-0.2, 0) is 0 Å². The molecule has 0 heteroatoms. The molecule has 34 heavy (non-hydrogen) atoms. The van der Waals surface area contributed by atoms with Crippen molar-refractivity contribution in [3.8, 4) is 11.8 Å². The van der Waals surface area contributed by atoms with E-state index in [1.165, 1.54) is 6.42 Å². The molecule has 0 saturated heterocycles. The molecule has 0 N–H and O–H groups in total. The summed E-state index contributed by atoms with van der Waals surface area (Å²) >= 11 is 0. The molecular weight excluding hydrogens is 408 g/mol. The molecule has 0 aliphatic heterocycles. The van der Waals surface area contributed by atoms with Gasteiger partial charge in [0.05, 0.1) is 0 Å². The Morgan fingerprint density at radius 3 is 1.12 bits per heavy atom. The first-order chi connectivity index (χ1) is 14.7. The Bertz CT molecular complexity index is 461. The summed E-state index contributed by atoms with van der Waals surface area (Å²) in [5.41, 5.74) is 1.06. The molecule has 0 heterocycles. The van der Waals surface area contributed by atoms with Crippen molar-refractivity contribution >= 4 is 0 Å². The minimum absolute atomic E-state index is 0. The Hall–Kier alpha value is -0.960. The number of hydrogen-bond acceptors (Lipinski definition) is 0. The van der Waals surface area contributed by atoms with Crippen molar-refractivity contribution in [2.45, 2.75) is 158 Å². The molecule has 208 valence electrons. The third-order valence-electron chi connectivity index (χ3n) is 3.07. The molecule has 0 spiro atoms. The quantitative estimate of drug-likeness (QED) is 0.277. The lowest BCUT2D eigenvalue weighted by atomic mass is 9.96. The topological polar surface area (TPSA) is 0 Å². The van der Waals surface area contributed by atoms with Gasteiger partial charge in [0.1, 0.15) is 0 Å². The van der Waals surface area contributed by atoms with Crippen LogP contribution in [0.5, 0.6) is 0 Å². The largest absolute Gasteiger partial charge is 0.103 e. The zero-order valence-corrected chi connectivity index (χ0v) is 26.8. The van der Waals surface area contributed by atoms with Crippen molar-refractivity contribution in [1.29, 1.82) is 0 Å². The third kappa shape index (κ3) is 124. The molecule has 0 amide bonds. The summed E-state index contributed by atoms with van der Waals surface area (Å²) in [6.07, 6.45) is 13.5. The second-order valence-corrected chi connectivity index (χ2v) is 13.0. The predicted molar refractivity (Wildman–Crippen MR) is 168 cm³/mol. The van der Waals surface area contributed by atoms with E-state index in [0.717, 1.165) is 31.1 Å². The summed E-state index contributed by atoms with van der Waals surface area (Å²) in [7, 11) is 0. The van der Waals surface area contributed by atoms with E-state index < -0.39 is 0 Å². The summed E-state index contributed by atoms with van der Waals surface area (Å²) in [5, 5.41) is 0. The molecule has 0 aromatic rings. The van der Waals surface area contributed by atoms with E-state index in [-0.39, 0.29) is 12.8 Å². The van der Waals surface area contributed by atoms with E-state index in [0.29, 0.717) is 10.8 Å². The highest BCUT2D eigenvalue weighted by atomic mass is 14.1. The minimum Gasteiger partial charge on any atom is -0.103 e. The molecular formula is C34H72. The van der Waals surface area contributed by atoms with E-state index in [1.54, 1.807) is 0 Å². The van der Waals surface area contributed by atoms with Crippen LogP contribution in [0.4, 0.5) is 0 Å². The zero-order chi connectivity index (χ0) is 27.7. The molecule has 0 unspecified atom stereocenters. The highest BCUT2D eigenvalue weighted by Crippen LogP contribution is 2.14. The SMILES string of the molecule is C.CC(C)(C)C.CC/C=C/C(C)C.CC/C=C\C(C)(C)C.CCC#CC(C)(C)C.CCC(C)C. The highest BCUT2D eigenvalue weighted by Gasteiger charge is 2.02. The average Bonchev–Trinajstić information content (AvgIpc) is 2.62. The predicted octanol–water partition coefficient (Wildman–Crippen LogP) is 12.8. The van der Waals surface area contributed by atoms with Crippen LogP contribution in [0.15, 0.2) is 24.3 Å². The normalized spacial score (nSPS) is 10.9. The molecule has 0 bridgehead atoms. The molecule has 0 aliphatic rings. The summed E-state index contributed by atoms with van der Waals surface area (Å²) in [6, 6.07) is 0. The Morgan fingerprint density at radius 1 is 0.676 bits per heavy atom. The fraction of sp³-hybridized carbons (Fsp3) is 0.824. The van der Waals surface area contributed by atoms with Gasteiger partial charge in [-0.15, -0.1) is 5.92 Å². The van der Waals surface area contributed by atoms with Gasteiger partial charge in [0.15, 0.2) is 0 Å². The van der Waals surface area contributed by atoms with Crippen molar-refractivity contribution in [2.24, 2.45) is 28.1 Å². The third-order valence-corrected chi connectivity index (χ3v) is 3.07. The first-order valence-electron chi connectivity index (χ1n) is 13.5. The van der Waals surface area contributed by atoms with Crippen molar-refractivity contribution in [1.82, 2.24) is 0 Å². The summed E-state index contributed by atoms with van der Waals surface area (Å²) in [6.45, 7) is 39.1. The second kappa shape index (κ2) is 28.3. The van der Waals surface area contributed by atoms with Crippen molar-refractivity contribution in [2.75, 3.05) is 0 Å². The van der Waals surface area contributed by atoms with Gasteiger partial charge < -0.3 is 0 Å². The van der Waals surface area contributed by atoms with Crippen molar-refractivity contribution in [3.63, 3.8) is 0 Å². The van der Waals surface area contributed by atoms with Gasteiger partial charge in [0.25, 0.3) is 0 Å². The summed E-state index contributed by atoms with van der Waals surface area (Å²) < 4.78 is 0. The fourth-order valence-corrected chi connectivity index (χ4v) is 1.23. The fourth-order valence-electron chi connectivity index (χ4n) is 1.23. The molecule has 0 nitrogen and oxygen atoms in total. The van der Waals surface area contributed by atoms with Crippen LogP contribution in [0.25, 0.3) is 0 Å². The molecule has 0 saturated carbocycles. The Labute approximate surface area is 221 Å². The Balaban J connectivity index is -0.0000000726. The summed E-state index contributed by atoms with van der Waals surface area (Å²) in [5.74, 6) is 7.77. The van der Waals surface area contributed by atoms with E-state index in [9.17, 15) is 0 Å². The van der Waals surface area contributed by atoms with Gasteiger partial charge in [-0.25, -0.2) is 0 Å². The first kappa shape index (κ1) is 46.4. The van der Waals surface area contributed by atoms with Crippen LogP contribution in [0.3, 0.4) is 0 Å². The highest BCUT2D eigenvalue weighted by molar-refractivity contribution is 5.06. The van der Waals surface area contributed by atoms with E-state index in [1.807, 2.05) is 0 Å². The maximum atomic E-state index is 3.12. The Kier molecular flexibility index (Phi) is 38.6. The standard InChI is InChI=1S/C8H16.C8H14.C7H14.2C5H12.CH4/c2*1-5-6-7-8(2,3)4;1-4-5-6-7(2)3;1-5(2,3)4;1-4-5(2)3;/h6-7H,5H2,1-4H3;5H2,1-4H3;5-7H,4H2,1-3H3;1-4H3;5H,4H2,1-3H3;1H4/b7-6-;;6-5+;;;. The lowest BCUT2D eigenvalue weighted by Crippen LogP contribution is -1.98. The van der Waals surface area contributed by atoms with E-state index in [2.05, 4.69) is 161 Å². The van der Waals surface area contributed by atoms with E-state index in [4.69, 9.17) is 0 Å². The van der Waals surface area contributed by atoms with Crippen LogP contribution in [0.1, 0.15) is 158 Å². The van der Waals surface area contributed by atoms with Gasteiger partial charge in [-0.05, 0) is 56.3 Å². The van der Waals surface area contributed by atoms with Gasteiger partial charge in [0, 0.05) is 11.8 Å². The van der Waals surface area contributed by atoms with E-state index >= 15 is 0 Å². The van der Waals surface area contributed by atoms with Gasteiger partial charge in [-0.3, -0.25) is 0 Å². The molecule has 0 atom stereocenters.